The molecule has 0 saturated heterocycles. The molecule has 0 bridgehead atoms. The van der Waals surface area contributed by atoms with Gasteiger partial charge >= 0.3 is 5.97 Å². The number of nitrogens with zero attached hydrogens (tertiary/aromatic N) is 1. The average Bonchev–Trinajstić information content (AvgIpc) is 2.69. The highest BCUT2D eigenvalue weighted by Crippen LogP contribution is 2.14. The largest absolute Gasteiger partial charge is 0.475 e. The van der Waals surface area contributed by atoms with E-state index in [1.165, 1.54) is 12.1 Å². The number of carbonyl (C=O) groups is 2. The number of fused-ring (bicyclic) bond motifs is 1. The van der Waals surface area contributed by atoms with Crippen molar-refractivity contribution in [1.82, 2.24) is 9.97 Å². The third kappa shape index (κ3) is 1.67. The summed E-state index contributed by atoms with van der Waals surface area (Å²) >= 11 is 0. The van der Waals surface area contributed by atoms with Crippen molar-refractivity contribution in [3.8, 4) is 0 Å². The van der Waals surface area contributed by atoms with Crippen LogP contribution in [-0.4, -0.2) is 26.8 Å². The van der Waals surface area contributed by atoms with Gasteiger partial charge in [-0.2, -0.15) is 0 Å². The molecule has 0 saturated carbocycles. The van der Waals surface area contributed by atoms with Crippen molar-refractivity contribution in [2.45, 2.75) is 13.3 Å². The number of aliphatic carboxylic acids is 1. The van der Waals surface area contributed by atoms with Crippen LogP contribution in [-0.2, 0) is 11.2 Å². The van der Waals surface area contributed by atoms with Crippen molar-refractivity contribution >= 4 is 22.8 Å². The minimum atomic E-state index is -1.45. The maximum Gasteiger partial charge on any atom is 0.377 e. The van der Waals surface area contributed by atoms with Crippen LogP contribution in [0, 0.1) is 0 Å². The maximum absolute atomic E-state index is 11.2. The molecule has 0 radical (unpaired) electrons. The summed E-state index contributed by atoms with van der Waals surface area (Å²) in [5.74, 6) is -1.54. The number of imidazole rings is 1. The quantitative estimate of drug-likeness (QED) is 0.602. The summed E-state index contributed by atoms with van der Waals surface area (Å²) in [6, 6.07) is 4.62. The Hall–Kier alpha value is -2.17. The zero-order valence-electron chi connectivity index (χ0n) is 8.65. The highest BCUT2D eigenvalue weighted by atomic mass is 16.4. The van der Waals surface area contributed by atoms with Gasteiger partial charge < -0.3 is 10.1 Å². The van der Waals surface area contributed by atoms with Gasteiger partial charge in [-0.3, -0.25) is 4.79 Å². The van der Waals surface area contributed by atoms with Crippen LogP contribution in [0.2, 0.25) is 0 Å². The van der Waals surface area contributed by atoms with Crippen LogP contribution in [0.25, 0.3) is 11.0 Å². The van der Waals surface area contributed by atoms with E-state index < -0.39 is 11.8 Å². The number of Topliss-reactive ketones (excluding diaryl/α,β-unsaturated/α-hetero) is 1. The van der Waals surface area contributed by atoms with E-state index in [9.17, 15) is 9.59 Å². The van der Waals surface area contributed by atoms with E-state index in [4.69, 9.17) is 5.11 Å². The Bertz CT molecular complexity index is 572. The van der Waals surface area contributed by atoms with Gasteiger partial charge in [0, 0.05) is 12.0 Å². The summed E-state index contributed by atoms with van der Waals surface area (Å²) in [4.78, 5) is 29.0. The number of ketones is 1. The summed E-state index contributed by atoms with van der Waals surface area (Å²) in [5, 5.41) is 8.58. The first kappa shape index (κ1) is 10.4. The molecular weight excluding hydrogens is 208 g/mol. The number of carbonyl (C=O) groups excluding carboxylic acids is 1. The third-order valence-corrected chi connectivity index (χ3v) is 2.32. The third-order valence-electron chi connectivity index (χ3n) is 2.32. The van der Waals surface area contributed by atoms with Crippen LogP contribution in [0.5, 0.6) is 0 Å². The molecule has 0 aliphatic rings. The van der Waals surface area contributed by atoms with Crippen LogP contribution in [0.4, 0.5) is 0 Å². The molecule has 0 unspecified atom stereocenters. The topological polar surface area (TPSA) is 83.1 Å². The lowest BCUT2D eigenvalue weighted by Gasteiger charge is -1.94. The molecule has 0 spiro atoms. The Kier molecular flexibility index (Phi) is 2.44. The standard InChI is InChI=1S/C11H10N2O3/c1-2-9-12-7-4-3-6(5-8(7)13-9)10(14)11(15)16/h3-5H,2H2,1H3,(H,12,13)(H,15,16). The summed E-state index contributed by atoms with van der Waals surface area (Å²) in [7, 11) is 0. The number of H-pyrrole nitrogens is 1. The number of rotatable bonds is 3. The molecule has 0 amide bonds. The summed E-state index contributed by atoms with van der Waals surface area (Å²) < 4.78 is 0. The highest BCUT2D eigenvalue weighted by Gasteiger charge is 2.15. The van der Waals surface area contributed by atoms with Gasteiger partial charge in [0.1, 0.15) is 5.82 Å². The van der Waals surface area contributed by atoms with Gasteiger partial charge in [0.05, 0.1) is 11.0 Å². The molecule has 82 valence electrons. The lowest BCUT2D eigenvalue weighted by Crippen LogP contribution is -2.12. The van der Waals surface area contributed by atoms with E-state index in [0.717, 1.165) is 17.8 Å². The molecule has 5 nitrogen and oxygen atoms in total. The number of carboxylic acid groups (broad SMARTS) is 1. The van der Waals surface area contributed by atoms with Crippen molar-refractivity contribution in [1.29, 1.82) is 0 Å². The molecule has 0 aliphatic heterocycles. The SMILES string of the molecule is CCc1nc2ccc(C(=O)C(=O)O)cc2[nH]1. The number of benzene rings is 1. The molecule has 0 aliphatic carbocycles. The van der Waals surface area contributed by atoms with E-state index in [1.807, 2.05) is 6.92 Å². The molecular formula is C11H10N2O3. The molecule has 1 aromatic carbocycles. The molecule has 2 rings (SSSR count). The first-order chi connectivity index (χ1) is 7.61. The molecule has 2 aromatic rings. The lowest BCUT2D eigenvalue weighted by atomic mass is 10.1. The number of hydrogen-bond acceptors (Lipinski definition) is 3. The second-order valence-electron chi connectivity index (χ2n) is 3.40. The fraction of sp³-hybridized carbons (Fsp3) is 0.182. The van der Waals surface area contributed by atoms with Crippen LogP contribution in [0.15, 0.2) is 18.2 Å². The van der Waals surface area contributed by atoms with E-state index in [2.05, 4.69) is 9.97 Å². The maximum atomic E-state index is 11.2. The van der Waals surface area contributed by atoms with Crippen molar-refractivity contribution in [2.75, 3.05) is 0 Å². The lowest BCUT2D eigenvalue weighted by molar-refractivity contribution is -0.131. The zero-order chi connectivity index (χ0) is 11.7. The number of carboxylic acids is 1. The van der Waals surface area contributed by atoms with Crippen molar-refractivity contribution < 1.29 is 14.7 Å². The molecule has 16 heavy (non-hydrogen) atoms. The molecule has 1 aromatic heterocycles. The number of nitrogens with one attached hydrogen (secondary N) is 1. The number of hydrogen-bond donors (Lipinski definition) is 2. The van der Waals surface area contributed by atoms with Crippen LogP contribution in [0.1, 0.15) is 23.1 Å². The fourth-order valence-electron chi connectivity index (χ4n) is 1.49. The first-order valence-corrected chi connectivity index (χ1v) is 4.88. The average molecular weight is 218 g/mol. The van der Waals surface area contributed by atoms with E-state index in [0.29, 0.717) is 5.52 Å². The Morgan fingerprint density at radius 3 is 2.81 bits per heavy atom. The molecule has 0 atom stereocenters. The van der Waals surface area contributed by atoms with Crippen LogP contribution >= 0.6 is 0 Å². The Labute approximate surface area is 91.1 Å². The summed E-state index contributed by atoms with van der Waals surface area (Å²) in [6.45, 7) is 1.96. The Morgan fingerprint density at radius 2 is 2.19 bits per heavy atom. The van der Waals surface area contributed by atoms with Crippen LogP contribution < -0.4 is 0 Å². The number of aromatic amines is 1. The van der Waals surface area contributed by atoms with Gasteiger partial charge in [-0.25, -0.2) is 9.78 Å². The molecule has 1 heterocycles. The van der Waals surface area contributed by atoms with Crippen molar-refractivity contribution in [2.24, 2.45) is 0 Å². The van der Waals surface area contributed by atoms with Gasteiger partial charge in [-0.05, 0) is 18.2 Å². The van der Waals surface area contributed by atoms with E-state index in [1.54, 1.807) is 6.07 Å². The second kappa shape index (κ2) is 3.77. The van der Waals surface area contributed by atoms with Gasteiger partial charge in [0.2, 0.25) is 0 Å². The Morgan fingerprint density at radius 1 is 1.44 bits per heavy atom. The number of aryl methyl sites for hydroxylation is 1. The summed E-state index contributed by atoms with van der Waals surface area (Å²) in [5.41, 5.74) is 1.58. The molecule has 5 heteroatoms. The van der Waals surface area contributed by atoms with Crippen molar-refractivity contribution in [3.05, 3.63) is 29.6 Å². The van der Waals surface area contributed by atoms with Crippen LogP contribution in [0.3, 0.4) is 0 Å². The second-order valence-corrected chi connectivity index (χ2v) is 3.40. The smallest absolute Gasteiger partial charge is 0.377 e. The van der Waals surface area contributed by atoms with Gasteiger partial charge in [-0.15, -0.1) is 0 Å². The van der Waals surface area contributed by atoms with Gasteiger partial charge in [-0.1, -0.05) is 6.92 Å². The minimum Gasteiger partial charge on any atom is -0.475 e. The fourth-order valence-corrected chi connectivity index (χ4v) is 1.49. The van der Waals surface area contributed by atoms with E-state index >= 15 is 0 Å². The highest BCUT2D eigenvalue weighted by molar-refractivity contribution is 6.40. The molecule has 0 fully saturated rings. The molecule has 2 N–H and O–H groups in total. The predicted molar refractivity (Wildman–Crippen MR) is 57.4 cm³/mol. The van der Waals surface area contributed by atoms with Gasteiger partial charge in [0.25, 0.3) is 5.78 Å². The van der Waals surface area contributed by atoms with Gasteiger partial charge in [0.15, 0.2) is 0 Å². The van der Waals surface area contributed by atoms with E-state index in [-0.39, 0.29) is 5.56 Å². The predicted octanol–water partition coefficient (Wildman–Crippen LogP) is 1.39. The normalized spacial score (nSPS) is 10.6. The Balaban J connectivity index is 2.51. The monoisotopic (exact) mass is 218 g/mol. The van der Waals surface area contributed by atoms with Crippen molar-refractivity contribution in [3.63, 3.8) is 0 Å². The summed E-state index contributed by atoms with van der Waals surface area (Å²) in [6.07, 6.45) is 0.761. The number of aromatic nitrogens is 2. The zero-order valence-corrected chi connectivity index (χ0v) is 8.65. The first-order valence-electron chi connectivity index (χ1n) is 4.88. The minimum absolute atomic E-state index is 0.159.